The number of esters is 1. The predicted octanol–water partition coefficient (Wildman–Crippen LogP) is 2.29. The minimum absolute atomic E-state index is 0.0983. The predicted molar refractivity (Wildman–Crippen MR) is 103 cm³/mol. The number of benzene rings is 1. The van der Waals surface area contributed by atoms with E-state index in [1.165, 1.54) is 29.6 Å². The number of rotatable bonds is 7. The zero-order valence-corrected chi connectivity index (χ0v) is 17.6. The Bertz CT molecular complexity index is 822. The van der Waals surface area contributed by atoms with Gasteiger partial charge < -0.3 is 14.8 Å². The van der Waals surface area contributed by atoms with Crippen LogP contribution in [0.5, 0.6) is 0 Å². The first-order valence-electron chi connectivity index (χ1n) is 9.44. The molecule has 0 radical (unpaired) electrons. The lowest BCUT2D eigenvalue weighted by molar-refractivity contribution is -0.143. The topological polar surface area (TPSA) is 102 Å². The number of piperidine rings is 1. The van der Waals surface area contributed by atoms with Gasteiger partial charge in [-0.05, 0) is 37.3 Å². The van der Waals surface area contributed by atoms with Crippen LogP contribution in [-0.4, -0.2) is 57.1 Å². The summed E-state index contributed by atoms with van der Waals surface area (Å²) >= 11 is 0. The van der Waals surface area contributed by atoms with Crippen LogP contribution in [0.25, 0.3) is 0 Å². The molecule has 0 spiro atoms. The second-order valence-corrected chi connectivity index (χ2v) is 9.20. The summed E-state index contributed by atoms with van der Waals surface area (Å²) in [6.07, 6.45) is -0.306. The summed E-state index contributed by atoms with van der Waals surface area (Å²) in [5.74, 6) is -1.20. The van der Waals surface area contributed by atoms with Crippen molar-refractivity contribution in [2.45, 2.75) is 50.2 Å². The summed E-state index contributed by atoms with van der Waals surface area (Å²) in [7, 11) is -2.71. The molecular formula is C19H27FN2O6S. The van der Waals surface area contributed by atoms with Crippen molar-refractivity contribution in [1.82, 2.24) is 9.62 Å². The van der Waals surface area contributed by atoms with Crippen molar-refractivity contribution in [3.8, 4) is 0 Å². The highest BCUT2D eigenvalue weighted by Gasteiger charge is 2.33. The van der Waals surface area contributed by atoms with E-state index in [4.69, 9.17) is 9.47 Å². The molecule has 0 bridgehead atoms. The van der Waals surface area contributed by atoms with Crippen molar-refractivity contribution >= 4 is 22.1 Å². The lowest BCUT2D eigenvalue weighted by Gasteiger charge is -2.31. The highest BCUT2D eigenvalue weighted by Crippen LogP contribution is 2.24. The van der Waals surface area contributed by atoms with E-state index in [0.29, 0.717) is 6.42 Å². The second kappa shape index (κ2) is 10.0. The lowest BCUT2D eigenvalue weighted by atomic mass is 10.0. The first-order chi connectivity index (χ1) is 13.6. The van der Waals surface area contributed by atoms with E-state index >= 15 is 0 Å². The number of alkyl carbamates (subject to hydrolysis) is 1. The number of hydrogen-bond acceptors (Lipinski definition) is 6. The third-order valence-corrected chi connectivity index (χ3v) is 6.55. The summed E-state index contributed by atoms with van der Waals surface area (Å²) in [5, 5.41) is 2.50. The summed E-state index contributed by atoms with van der Waals surface area (Å²) in [6.45, 7) is 4.02. The van der Waals surface area contributed by atoms with Gasteiger partial charge in [-0.1, -0.05) is 26.0 Å². The van der Waals surface area contributed by atoms with Crippen molar-refractivity contribution in [2.24, 2.45) is 5.92 Å². The SMILES string of the molecule is COC(=O)[C@H](CC(C)C)NC(=O)OC1CCN(S(=O)(=O)c2ccccc2F)CC1. The minimum atomic E-state index is -3.95. The van der Waals surface area contributed by atoms with Crippen LogP contribution in [0.4, 0.5) is 9.18 Å². The van der Waals surface area contributed by atoms with Crippen LogP contribution >= 0.6 is 0 Å². The Hall–Kier alpha value is -2.20. The molecule has 10 heteroatoms. The van der Waals surface area contributed by atoms with Gasteiger partial charge in [-0.3, -0.25) is 0 Å². The zero-order chi connectivity index (χ0) is 21.6. The van der Waals surface area contributed by atoms with Gasteiger partial charge in [0.2, 0.25) is 10.0 Å². The van der Waals surface area contributed by atoms with Crippen molar-refractivity contribution in [3.05, 3.63) is 30.1 Å². The maximum Gasteiger partial charge on any atom is 0.408 e. The Morgan fingerprint density at radius 3 is 2.41 bits per heavy atom. The first kappa shape index (κ1) is 23.1. The molecule has 162 valence electrons. The number of nitrogens with zero attached hydrogens (tertiary/aromatic N) is 1. The van der Waals surface area contributed by atoms with Crippen molar-refractivity contribution in [3.63, 3.8) is 0 Å². The quantitative estimate of drug-likeness (QED) is 0.666. The lowest BCUT2D eigenvalue weighted by Crippen LogP contribution is -2.46. The summed E-state index contributed by atoms with van der Waals surface area (Å²) in [6, 6.07) is 4.40. The van der Waals surface area contributed by atoms with Gasteiger partial charge in [0.1, 0.15) is 22.9 Å². The molecule has 8 nitrogen and oxygen atoms in total. The number of carbonyl (C=O) groups excluding carboxylic acids is 2. The van der Waals surface area contributed by atoms with Gasteiger partial charge in [-0.2, -0.15) is 4.31 Å². The average Bonchev–Trinajstić information content (AvgIpc) is 2.67. The Morgan fingerprint density at radius 2 is 1.86 bits per heavy atom. The molecule has 0 unspecified atom stereocenters. The molecule has 1 aliphatic heterocycles. The molecule has 1 aromatic rings. The van der Waals surface area contributed by atoms with Crippen molar-refractivity contribution < 1.29 is 31.9 Å². The monoisotopic (exact) mass is 430 g/mol. The van der Waals surface area contributed by atoms with E-state index in [1.54, 1.807) is 0 Å². The third kappa shape index (κ3) is 6.14. The largest absolute Gasteiger partial charge is 0.467 e. The summed E-state index contributed by atoms with van der Waals surface area (Å²) < 4.78 is 50.3. The highest BCUT2D eigenvalue weighted by atomic mass is 32.2. The van der Waals surface area contributed by atoms with Gasteiger partial charge in [-0.25, -0.2) is 22.4 Å². The summed E-state index contributed by atoms with van der Waals surface area (Å²) in [5.41, 5.74) is 0. The number of carbonyl (C=O) groups is 2. The van der Waals surface area contributed by atoms with Gasteiger partial charge in [-0.15, -0.1) is 0 Å². The maximum absolute atomic E-state index is 13.9. The van der Waals surface area contributed by atoms with Crippen LogP contribution in [0.3, 0.4) is 0 Å². The van der Waals surface area contributed by atoms with Gasteiger partial charge in [0.05, 0.1) is 7.11 Å². The Kier molecular flexibility index (Phi) is 7.97. The average molecular weight is 430 g/mol. The van der Waals surface area contributed by atoms with Crippen LogP contribution in [0, 0.1) is 11.7 Å². The number of sulfonamides is 1. The van der Waals surface area contributed by atoms with Gasteiger partial charge in [0, 0.05) is 13.1 Å². The Morgan fingerprint density at radius 1 is 1.24 bits per heavy atom. The van der Waals surface area contributed by atoms with Crippen molar-refractivity contribution in [1.29, 1.82) is 0 Å². The number of hydrogen-bond donors (Lipinski definition) is 1. The fraction of sp³-hybridized carbons (Fsp3) is 0.579. The molecule has 1 aromatic carbocycles. The van der Waals surface area contributed by atoms with Gasteiger partial charge >= 0.3 is 12.1 Å². The van der Waals surface area contributed by atoms with Crippen LogP contribution in [0.1, 0.15) is 33.1 Å². The van der Waals surface area contributed by atoms with Crippen LogP contribution in [0.15, 0.2) is 29.2 Å². The number of amides is 1. The third-order valence-electron chi connectivity index (χ3n) is 4.61. The molecule has 0 saturated carbocycles. The van der Waals surface area contributed by atoms with Crippen molar-refractivity contribution in [2.75, 3.05) is 20.2 Å². The molecule has 29 heavy (non-hydrogen) atoms. The van der Waals surface area contributed by atoms with E-state index in [2.05, 4.69) is 5.32 Å². The fourth-order valence-corrected chi connectivity index (χ4v) is 4.67. The van der Waals surface area contributed by atoms with Crippen LogP contribution in [-0.2, 0) is 24.3 Å². The van der Waals surface area contributed by atoms with E-state index in [9.17, 15) is 22.4 Å². The molecule has 1 atom stereocenters. The molecule has 2 rings (SSSR count). The summed E-state index contributed by atoms with van der Waals surface area (Å²) in [4.78, 5) is 23.6. The number of nitrogens with one attached hydrogen (secondary N) is 1. The smallest absolute Gasteiger partial charge is 0.408 e. The molecule has 1 fully saturated rings. The van der Waals surface area contributed by atoms with E-state index in [0.717, 1.165) is 6.07 Å². The minimum Gasteiger partial charge on any atom is -0.467 e. The molecule has 1 N–H and O–H groups in total. The molecule has 0 aromatic heterocycles. The Balaban J connectivity index is 1.91. The highest BCUT2D eigenvalue weighted by molar-refractivity contribution is 7.89. The van der Waals surface area contributed by atoms with Crippen LogP contribution in [0.2, 0.25) is 0 Å². The molecule has 1 aliphatic rings. The molecule has 1 amide bonds. The Labute approximate surface area is 170 Å². The van der Waals surface area contributed by atoms with Gasteiger partial charge in [0.25, 0.3) is 0 Å². The molecule has 0 aliphatic carbocycles. The van der Waals surface area contributed by atoms with E-state index < -0.39 is 40.0 Å². The second-order valence-electron chi connectivity index (χ2n) is 7.29. The van der Waals surface area contributed by atoms with E-state index in [-0.39, 0.29) is 36.7 Å². The number of halogens is 1. The molecule has 1 saturated heterocycles. The van der Waals surface area contributed by atoms with Crippen LogP contribution < -0.4 is 5.32 Å². The number of methoxy groups -OCH3 is 1. The zero-order valence-electron chi connectivity index (χ0n) is 16.8. The maximum atomic E-state index is 13.9. The normalized spacial score (nSPS) is 17.0. The first-order valence-corrected chi connectivity index (χ1v) is 10.9. The molecular weight excluding hydrogens is 403 g/mol. The standard InChI is InChI=1S/C19H27FN2O6S/c1-13(2)12-16(18(23)27-3)21-19(24)28-14-8-10-22(11-9-14)29(25,26)17-7-5-4-6-15(17)20/h4-7,13-14,16H,8-12H2,1-3H3,(H,21,24)/t16-/m0/s1. The molecule has 1 heterocycles. The van der Waals surface area contributed by atoms with Gasteiger partial charge in [0.15, 0.2) is 0 Å². The number of ether oxygens (including phenoxy) is 2. The fourth-order valence-electron chi connectivity index (χ4n) is 3.14. The van der Waals surface area contributed by atoms with E-state index in [1.807, 2.05) is 13.8 Å².